The summed E-state index contributed by atoms with van der Waals surface area (Å²) in [7, 11) is 1.69. The molecule has 1 saturated heterocycles. The van der Waals surface area contributed by atoms with Crippen molar-refractivity contribution < 1.29 is 14.2 Å². The van der Waals surface area contributed by atoms with Gasteiger partial charge in [0.05, 0.1) is 23.3 Å². The molecule has 0 saturated carbocycles. The third kappa shape index (κ3) is 3.97. The first-order chi connectivity index (χ1) is 9.95. The van der Waals surface area contributed by atoms with Crippen LogP contribution in [0.5, 0.6) is 5.75 Å². The van der Waals surface area contributed by atoms with Crippen molar-refractivity contribution in [2.45, 2.75) is 37.8 Å². The van der Waals surface area contributed by atoms with Crippen LogP contribution in [0.2, 0.25) is 0 Å². The topological polar surface area (TPSA) is 53.7 Å². The average Bonchev–Trinajstić information content (AvgIpc) is 2.72. The Morgan fingerprint density at radius 3 is 2.76 bits per heavy atom. The van der Waals surface area contributed by atoms with Crippen molar-refractivity contribution in [3.8, 4) is 5.75 Å². The Kier molecular flexibility index (Phi) is 5.66. The van der Waals surface area contributed by atoms with Crippen molar-refractivity contribution in [2.24, 2.45) is 5.73 Å². The summed E-state index contributed by atoms with van der Waals surface area (Å²) in [6.45, 7) is 6.07. The van der Waals surface area contributed by atoms with E-state index >= 15 is 0 Å². The molecule has 0 bridgehead atoms. The van der Waals surface area contributed by atoms with Crippen LogP contribution in [0, 0.1) is 0 Å². The molecule has 4 nitrogen and oxygen atoms in total. The summed E-state index contributed by atoms with van der Waals surface area (Å²) in [5.41, 5.74) is 7.21. The Morgan fingerprint density at radius 1 is 1.38 bits per heavy atom. The van der Waals surface area contributed by atoms with Gasteiger partial charge >= 0.3 is 0 Å². The highest BCUT2D eigenvalue weighted by Crippen LogP contribution is 2.37. The van der Waals surface area contributed by atoms with Gasteiger partial charge in [-0.2, -0.15) is 0 Å². The van der Waals surface area contributed by atoms with Gasteiger partial charge in [0.15, 0.2) is 0 Å². The summed E-state index contributed by atoms with van der Waals surface area (Å²) < 4.78 is 17.6. The first-order valence-electron chi connectivity index (χ1n) is 7.26. The highest BCUT2D eigenvalue weighted by molar-refractivity contribution is 9.10. The highest BCUT2D eigenvalue weighted by atomic mass is 79.9. The molecule has 0 radical (unpaired) electrons. The maximum absolute atomic E-state index is 6.32. The molecule has 1 heterocycles. The maximum Gasteiger partial charge on any atom is 0.133 e. The van der Waals surface area contributed by atoms with E-state index in [4.69, 9.17) is 19.9 Å². The Morgan fingerprint density at radius 2 is 2.14 bits per heavy atom. The van der Waals surface area contributed by atoms with Gasteiger partial charge in [0.1, 0.15) is 5.75 Å². The number of benzene rings is 1. The van der Waals surface area contributed by atoms with Crippen molar-refractivity contribution in [2.75, 3.05) is 26.9 Å². The van der Waals surface area contributed by atoms with E-state index in [-0.39, 0.29) is 17.6 Å². The van der Waals surface area contributed by atoms with Crippen LogP contribution in [0.1, 0.15) is 31.7 Å². The molecule has 1 aliphatic rings. The SMILES string of the molecule is COCCCOc1cc(C2COC(C)(C)C2N)ccc1Br. The molecule has 118 valence electrons. The third-order valence-electron chi connectivity index (χ3n) is 4.00. The summed E-state index contributed by atoms with van der Waals surface area (Å²) in [5, 5.41) is 0. The molecule has 1 fully saturated rings. The molecular weight excluding hydrogens is 334 g/mol. The highest BCUT2D eigenvalue weighted by Gasteiger charge is 2.41. The maximum atomic E-state index is 6.32. The molecule has 1 aromatic rings. The van der Waals surface area contributed by atoms with E-state index < -0.39 is 0 Å². The zero-order valence-corrected chi connectivity index (χ0v) is 14.5. The summed E-state index contributed by atoms with van der Waals surface area (Å²) in [5.74, 6) is 1.05. The zero-order valence-electron chi connectivity index (χ0n) is 12.9. The quantitative estimate of drug-likeness (QED) is 0.794. The molecule has 21 heavy (non-hydrogen) atoms. The third-order valence-corrected chi connectivity index (χ3v) is 4.66. The largest absolute Gasteiger partial charge is 0.492 e. The monoisotopic (exact) mass is 357 g/mol. The second-order valence-electron chi connectivity index (χ2n) is 5.93. The summed E-state index contributed by atoms with van der Waals surface area (Å²) in [6, 6.07) is 6.15. The molecule has 5 heteroatoms. The van der Waals surface area contributed by atoms with Gasteiger partial charge in [0, 0.05) is 32.1 Å². The fourth-order valence-electron chi connectivity index (χ4n) is 2.54. The number of hydrogen-bond acceptors (Lipinski definition) is 4. The van der Waals surface area contributed by atoms with Crippen LogP contribution in [-0.2, 0) is 9.47 Å². The van der Waals surface area contributed by atoms with Gasteiger partial charge in [-0.05, 0) is 47.5 Å². The van der Waals surface area contributed by atoms with E-state index in [2.05, 4.69) is 28.1 Å². The van der Waals surface area contributed by atoms with Crippen molar-refractivity contribution in [1.82, 2.24) is 0 Å². The Labute approximate surface area is 135 Å². The van der Waals surface area contributed by atoms with Crippen molar-refractivity contribution in [3.63, 3.8) is 0 Å². The van der Waals surface area contributed by atoms with Gasteiger partial charge in [0.2, 0.25) is 0 Å². The molecular formula is C16H24BrNO3. The number of methoxy groups -OCH3 is 1. The number of halogens is 1. The molecule has 0 spiro atoms. The minimum Gasteiger partial charge on any atom is -0.492 e. The molecule has 2 N–H and O–H groups in total. The minimum absolute atomic E-state index is 0.0139. The predicted octanol–water partition coefficient (Wildman–Crippen LogP) is 3.08. The van der Waals surface area contributed by atoms with Gasteiger partial charge < -0.3 is 19.9 Å². The van der Waals surface area contributed by atoms with Crippen LogP contribution >= 0.6 is 15.9 Å². The summed E-state index contributed by atoms with van der Waals surface area (Å²) in [4.78, 5) is 0. The minimum atomic E-state index is -0.281. The number of nitrogens with two attached hydrogens (primary N) is 1. The number of ether oxygens (including phenoxy) is 3. The van der Waals surface area contributed by atoms with E-state index in [1.807, 2.05) is 19.9 Å². The molecule has 0 aliphatic carbocycles. The van der Waals surface area contributed by atoms with Crippen LogP contribution < -0.4 is 10.5 Å². The van der Waals surface area contributed by atoms with Gasteiger partial charge in [0.25, 0.3) is 0 Å². The summed E-state index contributed by atoms with van der Waals surface area (Å²) in [6.07, 6.45) is 0.867. The second kappa shape index (κ2) is 7.09. The zero-order chi connectivity index (χ0) is 15.5. The van der Waals surface area contributed by atoms with Gasteiger partial charge in [-0.3, -0.25) is 0 Å². The molecule has 2 atom stereocenters. The first-order valence-corrected chi connectivity index (χ1v) is 8.05. The van der Waals surface area contributed by atoms with Crippen LogP contribution in [0.15, 0.2) is 22.7 Å². The fraction of sp³-hybridized carbons (Fsp3) is 0.625. The van der Waals surface area contributed by atoms with Crippen molar-refractivity contribution >= 4 is 15.9 Å². The Bertz CT molecular complexity index is 479. The molecule has 2 unspecified atom stereocenters. The lowest BCUT2D eigenvalue weighted by Gasteiger charge is -2.25. The Balaban J connectivity index is 2.08. The fourth-order valence-corrected chi connectivity index (χ4v) is 2.90. The molecule has 0 amide bonds. The van der Waals surface area contributed by atoms with Crippen LogP contribution in [0.4, 0.5) is 0 Å². The van der Waals surface area contributed by atoms with E-state index in [9.17, 15) is 0 Å². The lowest BCUT2D eigenvalue weighted by molar-refractivity contribution is 0.0280. The first kappa shape index (κ1) is 16.7. The standard InChI is InChI=1S/C16H24BrNO3/c1-16(2)15(18)12(10-21-16)11-5-6-13(17)14(9-11)20-8-4-7-19-3/h5-6,9,12,15H,4,7-8,10,18H2,1-3H3. The van der Waals surface area contributed by atoms with Gasteiger partial charge in [-0.15, -0.1) is 0 Å². The molecule has 1 aromatic carbocycles. The van der Waals surface area contributed by atoms with Crippen molar-refractivity contribution in [3.05, 3.63) is 28.2 Å². The van der Waals surface area contributed by atoms with E-state index in [0.717, 1.165) is 22.2 Å². The molecule has 2 rings (SSSR count). The van der Waals surface area contributed by atoms with E-state index in [1.165, 1.54) is 0 Å². The van der Waals surface area contributed by atoms with Crippen LogP contribution in [0.3, 0.4) is 0 Å². The van der Waals surface area contributed by atoms with E-state index in [1.54, 1.807) is 7.11 Å². The number of hydrogen-bond donors (Lipinski definition) is 1. The number of rotatable bonds is 6. The van der Waals surface area contributed by atoms with Crippen LogP contribution in [-0.4, -0.2) is 38.6 Å². The van der Waals surface area contributed by atoms with E-state index in [0.29, 0.717) is 19.8 Å². The smallest absolute Gasteiger partial charge is 0.133 e. The van der Waals surface area contributed by atoms with Crippen molar-refractivity contribution in [1.29, 1.82) is 0 Å². The normalized spacial score (nSPS) is 24.2. The lowest BCUT2D eigenvalue weighted by atomic mass is 9.86. The van der Waals surface area contributed by atoms with Gasteiger partial charge in [-0.1, -0.05) is 6.07 Å². The molecule has 0 aromatic heterocycles. The van der Waals surface area contributed by atoms with Crippen LogP contribution in [0.25, 0.3) is 0 Å². The van der Waals surface area contributed by atoms with Gasteiger partial charge in [-0.25, -0.2) is 0 Å². The average molecular weight is 358 g/mol. The molecule has 1 aliphatic heterocycles. The predicted molar refractivity (Wildman–Crippen MR) is 86.9 cm³/mol. The Hall–Kier alpha value is -0.620. The lowest BCUT2D eigenvalue weighted by Crippen LogP contribution is -2.41. The second-order valence-corrected chi connectivity index (χ2v) is 6.79. The summed E-state index contributed by atoms with van der Waals surface area (Å²) >= 11 is 3.53.